The van der Waals surface area contributed by atoms with Crippen LogP contribution in [0.5, 0.6) is 17.2 Å². The van der Waals surface area contributed by atoms with Crippen LogP contribution in [-0.4, -0.2) is 102 Å². The molecule has 4 aromatic rings. The SMILES string of the molecule is CC(=O)Oc1cc(CO)c2c(c1C=Cc1cccc(CCO)c1)C(=O)c1cc(O[C@H]3O[C@H](C)[C@@H](O)C(O)(O)[C@H]3O)c(Cc3cccc(CO)c3C=O)c(O)c1C2=O. The summed E-state index contributed by atoms with van der Waals surface area (Å²) >= 11 is 0. The lowest BCUT2D eigenvalue weighted by Crippen LogP contribution is -2.67. The first-order valence-corrected chi connectivity index (χ1v) is 17.8. The van der Waals surface area contributed by atoms with Crippen LogP contribution >= 0.6 is 0 Å². The molecule has 4 atom stereocenters. The van der Waals surface area contributed by atoms with E-state index in [1.807, 2.05) is 0 Å². The summed E-state index contributed by atoms with van der Waals surface area (Å²) in [6.45, 7) is 0.974. The van der Waals surface area contributed by atoms with Gasteiger partial charge in [-0.3, -0.25) is 19.2 Å². The molecule has 0 unspecified atom stereocenters. The Balaban J connectivity index is 1.58. The molecule has 0 aromatic heterocycles. The van der Waals surface area contributed by atoms with Crippen molar-refractivity contribution in [1.82, 2.24) is 0 Å². The van der Waals surface area contributed by atoms with Crippen LogP contribution in [0, 0.1) is 0 Å². The van der Waals surface area contributed by atoms with Gasteiger partial charge in [-0.2, -0.15) is 0 Å². The van der Waals surface area contributed by atoms with Gasteiger partial charge in [0.05, 0.1) is 24.9 Å². The van der Waals surface area contributed by atoms with Crippen molar-refractivity contribution < 1.29 is 74.2 Å². The van der Waals surface area contributed by atoms with E-state index in [0.29, 0.717) is 18.3 Å². The van der Waals surface area contributed by atoms with Crippen molar-refractivity contribution in [2.45, 2.75) is 70.3 Å². The van der Waals surface area contributed by atoms with Gasteiger partial charge in [-0.15, -0.1) is 0 Å². The zero-order chi connectivity index (χ0) is 41.3. The minimum Gasteiger partial charge on any atom is -0.507 e. The van der Waals surface area contributed by atoms with Gasteiger partial charge in [0.2, 0.25) is 12.1 Å². The van der Waals surface area contributed by atoms with Crippen LogP contribution in [0.2, 0.25) is 0 Å². The quantitative estimate of drug-likeness (QED) is 0.0295. The van der Waals surface area contributed by atoms with E-state index in [-0.39, 0.29) is 63.3 Å². The topological polar surface area (TPSA) is 258 Å². The van der Waals surface area contributed by atoms with E-state index in [1.54, 1.807) is 30.3 Å². The average molecular weight is 785 g/mol. The van der Waals surface area contributed by atoms with Crippen molar-refractivity contribution in [3.63, 3.8) is 0 Å². The summed E-state index contributed by atoms with van der Waals surface area (Å²) in [5.74, 6) is -7.13. The Kier molecular flexibility index (Phi) is 11.9. The molecule has 6 rings (SSSR count). The number of hydrogen-bond donors (Lipinski definition) is 8. The van der Waals surface area contributed by atoms with Crippen LogP contribution in [0.3, 0.4) is 0 Å². The van der Waals surface area contributed by atoms with Gasteiger partial charge in [0.1, 0.15) is 23.4 Å². The third-order valence-electron chi connectivity index (χ3n) is 10.0. The first-order chi connectivity index (χ1) is 27.2. The molecule has 0 saturated carbocycles. The van der Waals surface area contributed by atoms with Gasteiger partial charge in [0, 0.05) is 53.3 Å². The number of esters is 1. The first-order valence-electron chi connectivity index (χ1n) is 17.8. The lowest BCUT2D eigenvalue weighted by molar-refractivity contribution is -0.371. The molecule has 1 fully saturated rings. The van der Waals surface area contributed by atoms with E-state index >= 15 is 0 Å². The van der Waals surface area contributed by atoms with E-state index in [1.165, 1.54) is 37.3 Å². The van der Waals surface area contributed by atoms with Gasteiger partial charge in [-0.1, -0.05) is 48.5 Å². The van der Waals surface area contributed by atoms with Crippen molar-refractivity contribution in [3.05, 3.63) is 121 Å². The number of rotatable bonds is 12. The normalized spacial score (nSPS) is 19.9. The maximum Gasteiger partial charge on any atom is 0.308 e. The monoisotopic (exact) mass is 784 g/mol. The van der Waals surface area contributed by atoms with Crippen LogP contribution in [-0.2, 0) is 35.6 Å². The number of aliphatic hydroxyl groups is 7. The molecule has 1 aliphatic carbocycles. The molecule has 298 valence electrons. The predicted octanol–water partition coefficient (Wildman–Crippen LogP) is 1.71. The van der Waals surface area contributed by atoms with E-state index in [2.05, 4.69) is 0 Å². The van der Waals surface area contributed by atoms with E-state index < -0.39 is 83.8 Å². The minimum atomic E-state index is -3.14. The molecule has 4 aromatic carbocycles. The second-order valence-corrected chi connectivity index (χ2v) is 13.7. The first kappa shape index (κ1) is 41.0. The van der Waals surface area contributed by atoms with Crippen LogP contribution in [0.15, 0.2) is 54.6 Å². The van der Waals surface area contributed by atoms with Crippen LogP contribution in [0.4, 0.5) is 0 Å². The highest BCUT2D eigenvalue weighted by Gasteiger charge is 2.54. The molecule has 2 aliphatic rings. The number of phenols is 1. The van der Waals surface area contributed by atoms with Gasteiger partial charge in [-0.05, 0) is 59.4 Å². The summed E-state index contributed by atoms with van der Waals surface area (Å²) in [4.78, 5) is 53.9. The average Bonchev–Trinajstić information content (AvgIpc) is 3.18. The predicted molar refractivity (Wildman–Crippen MR) is 200 cm³/mol. The second-order valence-electron chi connectivity index (χ2n) is 13.7. The number of aldehydes is 1. The number of carbonyl (C=O) groups excluding carboxylic acids is 4. The third kappa shape index (κ3) is 7.62. The maximum atomic E-state index is 14.8. The van der Waals surface area contributed by atoms with E-state index in [0.717, 1.165) is 18.6 Å². The fourth-order valence-corrected chi connectivity index (χ4v) is 7.14. The number of aromatic hydroxyl groups is 1. The Morgan fingerprint density at radius 2 is 1.54 bits per heavy atom. The molecule has 57 heavy (non-hydrogen) atoms. The maximum absolute atomic E-state index is 14.8. The smallest absolute Gasteiger partial charge is 0.308 e. The summed E-state index contributed by atoms with van der Waals surface area (Å²) < 4.78 is 17.0. The highest BCUT2D eigenvalue weighted by Crippen LogP contribution is 2.45. The molecule has 0 spiro atoms. The molecule has 0 bridgehead atoms. The Morgan fingerprint density at radius 3 is 2.21 bits per heavy atom. The zero-order valence-corrected chi connectivity index (χ0v) is 30.7. The molecule has 0 amide bonds. The van der Waals surface area contributed by atoms with Gasteiger partial charge >= 0.3 is 5.97 Å². The standard InChI is InChI=1S/C42H40O15/c1-20-39(51)42(53,54)40(52)41(55-20)57-32-16-29-35(36(48)28(32)14-24-7-4-8-25(17-44)30(24)19-46)38(50)33-26(18-45)15-31(56-21(2)47)27(34(33)37(29)49)10-9-22-5-3-6-23(13-22)11-12-43/h3-10,13,15-16,19-20,39-41,43-45,48,51-54H,11-12,14,17-18H2,1-2H3/t20-,39-,40+,41-/m1/s1. The van der Waals surface area contributed by atoms with E-state index in [4.69, 9.17) is 14.2 Å². The van der Waals surface area contributed by atoms with Crippen LogP contribution in [0.1, 0.15) is 95.0 Å². The third-order valence-corrected chi connectivity index (χ3v) is 10.0. The Labute approximate surface area is 325 Å². The number of benzene rings is 4. The van der Waals surface area contributed by atoms with Crippen molar-refractivity contribution in [2.24, 2.45) is 0 Å². The van der Waals surface area contributed by atoms with Gasteiger partial charge in [-0.25, -0.2) is 0 Å². The summed E-state index contributed by atoms with van der Waals surface area (Å²) in [7, 11) is 0. The zero-order valence-electron chi connectivity index (χ0n) is 30.7. The second kappa shape index (κ2) is 16.5. The van der Waals surface area contributed by atoms with Crippen molar-refractivity contribution in [3.8, 4) is 17.2 Å². The number of hydrogen-bond acceptors (Lipinski definition) is 15. The fourth-order valence-electron chi connectivity index (χ4n) is 7.14. The van der Waals surface area contributed by atoms with Gasteiger partial charge < -0.3 is 55.1 Å². The fraction of sp³-hybridized carbons (Fsp3) is 0.286. The molecule has 8 N–H and O–H groups in total. The number of carbonyl (C=O) groups is 4. The highest BCUT2D eigenvalue weighted by molar-refractivity contribution is 6.31. The van der Waals surface area contributed by atoms with E-state index in [9.17, 15) is 60.0 Å². The number of ketones is 2. The molecule has 0 radical (unpaired) electrons. The van der Waals surface area contributed by atoms with Gasteiger partial charge in [0.15, 0.2) is 24.0 Å². The number of ether oxygens (including phenoxy) is 3. The highest BCUT2D eigenvalue weighted by atomic mass is 16.7. The Hall–Kier alpha value is -5.62. The minimum absolute atomic E-state index is 0.0318. The van der Waals surface area contributed by atoms with Crippen LogP contribution < -0.4 is 9.47 Å². The molecule has 1 aliphatic heterocycles. The Morgan fingerprint density at radius 1 is 0.842 bits per heavy atom. The molecule has 15 nitrogen and oxygen atoms in total. The Bertz CT molecular complexity index is 2290. The summed E-state index contributed by atoms with van der Waals surface area (Å²) in [6, 6.07) is 13.9. The van der Waals surface area contributed by atoms with Crippen molar-refractivity contribution in [2.75, 3.05) is 6.61 Å². The van der Waals surface area contributed by atoms with Crippen molar-refractivity contribution >= 4 is 36.0 Å². The summed E-state index contributed by atoms with van der Waals surface area (Å²) in [5.41, 5.74) is 0.0108. The molecular weight excluding hydrogens is 744 g/mol. The molecule has 1 saturated heterocycles. The summed E-state index contributed by atoms with van der Waals surface area (Å²) in [5, 5.41) is 84.0. The lowest BCUT2D eigenvalue weighted by atomic mass is 9.77. The molecule has 1 heterocycles. The summed E-state index contributed by atoms with van der Waals surface area (Å²) in [6.07, 6.45) is -4.07. The van der Waals surface area contributed by atoms with Crippen molar-refractivity contribution in [1.29, 1.82) is 0 Å². The molecular formula is C42H40O15. The van der Waals surface area contributed by atoms with Crippen LogP contribution in [0.25, 0.3) is 12.2 Å². The lowest BCUT2D eigenvalue weighted by Gasteiger charge is -2.44. The number of fused-ring (bicyclic) bond motifs is 2. The largest absolute Gasteiger partial charge is 0.507 e. The molecule has 15 heteroatoms. The number of aliphatic hydroxyl groups excluding tert-OH is 5. The van der Waals surface area contributed by atoms with Gasteiger partial charge in [0.25, 0.3) is 0 Å². The number of phenolic OH excluding ortho intramolecular Hbond substituents is 1.